The molecule has 10 nitrogen and oxygen atoms in total. The largest absolute Gasteiger partial charge is 0.466 e. The average Bonchev–Trinajstić information content (AvgIpc) is 3.25. The fourth-order valence-corrected chi connectivity index (χ4v) is 7.48. The Labute approximate surface area is 382 Å². The van der Waals surface area contributed by atoms with Gasteiger partial charge in [-0.1, -0.05) is 193 Å². The number of nitrogens with one attached hydrogen (secondary N) is 1. The number of allylic oxidation sites excluding steroid dienone is 1. The molecule has 62 heavy (non-hydrogen) atoms. The summed E-state index contributed by atoms with van der Waals surface area (Å²) in [5, 5.41) is 2.58. The lowest BCUT2D eigenvalue weighted by molar-refractivity contribution is -0.152. The number of alkyl carbamates (subject to hydrolysis) is 1. The molecule has 366 valence electrons. The summed E-state index contributed by atoms with van der Waals surface area (Å²) in [6, 6.07) is -1.22. The average molecular weight is 881 g/mol. The number of unbranched alkanes of at least 4 members (excludes halogenated alkanes) is 29. The number of rotatable bonds is 49. The van der Waals surface area contributed by atoms with E-state index in [9.17, 15) is 14.4 Å². The Morgan fingerprint density at radius 1 is 0.516 bits per heavy atom. The molecule has 0 aromatic rings. The Bertz CT molecular complexity index is 996. The summed E-state index contributed by atoms with van der Waals surface area (Å²) >= 11 is 0. The van der Waals surface area contributed by atoms with Crippen molar-refractivity contribution in [3.05, 3.63) is 12.7 Å². The standard InChI is InChI=1S/C52H100N2O8/c1-6-9-12-15-18-21-23-25-28-30-33-36-41-58-46-48(59-42-37-34-31-29-26-24-22-19-16-13-10-7-2)47-62-52(57)53-49(51(56)61-44-39-40-54(4)5)45-50(55)60-43-38-35-32-27-20-17-14-11-8-3/h8,48-49H,3,6-7,9-47H2,1-2,4-5H3,(H,53,57). The first-order valence-corrected chi connectivity index (χ1v) is 26.0. The lowest BCUT2D eigenvalue weighted by Crippen LogP contribution is -2.44. The van der Waals surface area contributed by atoms with Gasteiger partial charge in [-0.3, -0.25) is 4.79 Å². The van der Waals surface area contributed by atoms with E-state index in [0.29, 0.717) is 26.2 Å². The highest BCUT2D eigenvalue weighted by Gasteiger charge is 2.27. The van der Waals surface area contributed by atoms with E-state index in [4.69, 9.17) is 23.7 Å². The first kappa shape index (κ1) is 59.8. The van der Waals surface area contributed by atoms with Crippen LogP contribution in [0.5, 0.6) is 0 Å². The zero-order valence-corrected chi connectivity index (χ0v) is 41.1. The molecule has 0 aliphatic rings. The van der Waals surface area contributed by atoms with Gasteiger partial charge in [0.2, 0.25) is 0 Å². The summed E-state index contributed by atoms with van der Waals surface area (Å²) in [6.45, 7) is 11.0. The van der Waals surface area contributed by atoms with Crippen LogP contribution in [0.1, 0.15) is 232 Å². The molecule has 2 atom stereocenters. The minimum atomic E-state index is -1.22. The van der Waals surface area contributed by atoms with Gasteiger partial charge in [0.05, 0.1) is 26.2 Å². The minimum absolute atomic E-state index is 0.0220. The van der Waals surface area contributed by atoms with Crippen LogP contribution in [0.3, 0.4) is 0 Å². The summed E-state index contributed by atoms with van der Waals surface area (Å²) in [7, 11) is 3.89. The van der Waals surface area contributed by atoms with Crippen LogP contribution < -0.4 is 5.32 Å². The number of ether oxygens (including phenoxy) is 5. The lowest BCUT2D eigenvalue weighted by Gasteiger charge is -2.20. The third-order valence-electron chi connectivity index (χ3n) is 11.5. The number of esters is 2. The van der Waals surface area contributed by atoms with Gasteiger partial charge < -0.3 is 33.9 Å². The second-order valence-corrected chi connectivity index (χ2v) is 17.9. The maximum atomic E-state index is 13.1. The molecule has 0 radical (unpaired) electrons. The fraction of sp³-hybridized carbons (Fsp3) is 0.904. The minimum Gasteiger partial charge on any atom is -0.466 e. The third-order valence-corrected chi connectivity index (χ3v) is 11.5. The van der Waals surface area contributed by atoms with Crippen molar-refractivity contribution in [3.8, 4) is 0 Å². The predicted molar refractivity (Wildman–Crippen MR) is 258 cm³/mol. The van der Waals surface area contributed by atoms with Crippen LogP contribution in [0.25, 0.3) is 0 Å². The number of nitrogens with zero attached hydrogens (tertiary/aromatic N) is 1. The van der Waals surface area contributed by atoms with E-state index in [-0.39, 0.29) is 26.2 Å². The van der Waals surface area contributed by atoms with Crippen molar-refractivity contribution in [3.63, 3.8) is 0 Å². The summed E-state index contributed by atoms with van der Waals surface area (Å²) in [5.41, 5.74) is 0. The Balaban J connectivity index is 4.90. The predicted octanol–water partition coefficient (Wildman–Crippen LogP) is 13.6. The van der Waals surface area contributed by atoms with Gasteiger partial charge in [0.15, 0.2) is 0 Å². The Morgan fingerprint density at radius 3 is 1.44 bits per heavy atom. The van der Waals surface area contributed by atoms with Gasteiger partial charge in [-0.15, -0.1) is 6.58 Å². The third kappa shape index (κ3) is 44.4. The van der Waals surface area contributed by atoms with Gasteiger partial charge in [0, 0.05) is 19.8 Å². The molecular formula is C52H100N2O8. The van der Waals surface area contributed by atoms with E-state index in [0.717, 1.165) is 64.3 Å². The highest BCUT2D eigenvalue weighted by molar-refractivity contribution is 5.86. The van der Waals surface area contributed by atoms with E-state index in [1.807, 2.05) is 25.1 Å². The van der Waals surface area contributed by atoms with Crippen molar-refractivity contribution in [2.24, 2.45) is 0 Å². The number of carbonyl (C=O) groups is 3. The van der Waals surface area contributed by atoms with Crippen LogP contribution in [0.15, 0.2) is 12.7 Å². The van der Waals surface area contributed by atoms with Crippen LogP contribution in [-0.4, -0.2) is 95.4 Å². The molecule has 1 N–H and O–H groups in total. The Hall–Kier alpha value is -2.17. The van der Waals surface area contributed by atoms with Crippen LogP contribution in [0.2, 0.25) is 0 Å². The highest BCUT2D eigenvalue weighted by Crippen LogP contribution is 2.15. The maximum absolute atomic E-state index is 13.1. The molecule has 0 rings (SSSR count). The molecule has 0 heterocycles. The summed E-state index contributed by atoms with van der Waals surface area (Å²) in [6.07, 6.45) is 40.4. The lowest BCUT2D eigenvalue weighted by atomic mass is 10.1. The smallest absolute Gasteiger partial charge is 0.407 e. The molecule has 0 aromatic carbocycles. The zero-order valence-electron chi connectivity index (χ0n) is 41.1. The molecule has 0 aliphatic heterocycles. The van der Waals surface area contributed by atoms with Crippen LogP contribution in [-0.2, 0) is 33.3 Å². The van der Waals surface area contributed by atoms with Crippen LogP contribution in [0, 0.1) is 0 Å². The molecule has 1 amide bonds. The summed E-state index contributed by atoms with van der Waals surface area (Å²) in [5.74, 6) is -1.24. The topological polar surface area (TPSA) is 113 Å². The Kier molecular flexibility index (Phi) is 46.6. The maximum Gasteiger partial charge on any atom is 0.407 e. The highest BCUT2D eigenvalue weighted by atomic mass is 16.6. The van der Waals surface area contributed by atoms with Crippen molar-refractivity contribution in [2.75, 3.05) is 60.3 Å². The normalized spacial score (nSPS) is 12.3. The van der Waals surface area contributed by atoms with E-state index >= 15 is 0 Å². The molecule has 2 unspecified atom stereocenters. The second-order valence-electron chi connectivity index (χ2n) is 17.9. The number of hydrogen-bond donors (Lipinski definition) is 1. The van der Waals surface area contributed by atoms with Gasteiger partial charge >= 0.3 is 18.0 Å². The van der Waals surface area contributed by atoms with Crippen molar-refractivity contribution in [2.45, 2.75) is 244 Å². The quantitative estimate of drug-likeness (QED) is 0.0276. The number of amides is 1. The van der Waals surface area contributed by atoms with E-state index in [2.05, 4.69) is 25.7 Å². The van der Waals surface area contributed by atoms with Crippen molar-refractivity contribution in [1.82, 2.24) is 10.2 Å². The first-order chi connectivity index (χ1) is 30.3. The van der Waals surface area contributed by atoms with E-state index < -0.39 is 30.2 Å². The van der Waals surface area contributed by atoms with Crippen molar-refractivity contribution < 1.29 is 38.1 Å². The van der Waals surface area contributed by atoms with Crippen molar-refractivity contribution in [1.29, 1.82) is 0 Å². The monoisotopic (exact) mass is 881 g/mol. The van der Waals surface area contributed by atoms with Gasteiger partial charge in [-0.25, -0.2) is 9.59 Å². The van der Waals surface area contributed by atoms with Crippen molar-refractivity contribution >= 4 is 18.0 Å². The molecule has 0 bridgehead atoms. The molecule has 10 heteroatoms. The summed E-state index contributed by atoms with van der Waals surface area (Å²) < 4.78 is 28.7. The molecule has 0 aromatic heterocycles. The summed E-state index contributed by atoms with van der Waals surface area (Å²) in [4.78, 5) is 41.0. The molecule has 0 fully saturated rings. The fourth-order valence-electron chi connectivity index (χ4n) is 7.48. The zero-order chi connectivity index (χ0) is 45.4. The molecular weight excluding hydrogens is 781 g/mol. The first-order valence-electron chi connectivity index (χ1n) is 26.0. The van der Waals surface area contributed by atoms with Crippen LogP contribution >= 0.6 is 0 Å². The van der Waals surface area contributed by atoms with Gasteiger partial charge in [-0.05, 0) is 52.6 Å². The Morgan fingerprint density at radius 2 is 0.952 bits per heavy atom. The molecule has 0 aliphatic carbocycles. The molecule has 0 saturated heterocycles. The SMILES string of the molecule is C=CCCCCCCCCCOC(=O)CC(NC(=O)OCC(COCCCCCCCCCCCCCC)OCCCCCCCCCCCCCC)C(=O)OCCCN(C)C. The number of hydrogen-bond acceptors (Lipinski definition) is 9. The van der Waals surface area contributed by atoms with Gasteiger partial charge in [0.1, 0.15) is 18.8 Å². The van der Waals surface area contributed by atoms with Gasteiger partial charge in [-0.2, -0.15) is 0 Å². The van der Waals surface area contributed by atoms with Gasteiger partial charge in [0.25, 0.3) is 0 Å². The molecule has 0 spiro atoms. The van der Waals surface area contributed by atoms with E-state index in [1.54, 1.807) is 0 Å². The molecule has 0 saturated carbocycles. The van der Waals surface area contributed by atoms with E-state index in [1.165, 1.54) is 148 Å². The second kappa shape index (κ2) is 48.3. The van der Waals surface area contributed by atoms with Crippen LogP contribution in [0.4, 0.5) is 4.79 Å². The number of carbonyl (C=O) groups excluding carboxylic acids is 3.